The van der Waals surface area contributed by atoms with Gasteiger partial charge < -0.3 is 20.4 Å². The SMILES string of the molecule is O=C(NCC1CCCO1)c1ccc2[nH]c3c(c2c1)CCCC3NC1CCCCC1. The summed E-state index contributed by atoms with van der Waals surface area (Å²) in [6, 6.07) is 7.18. The van der Waals surface area contributed by atoms with Gasteiger partial charge in [-0.1, -0.05) is 19.3 Å². The molecule has 156 valence electrons. The maximum atomic E-state index is 12.7. The Morgan fingerprint density at radius 2 is 1.97 bits per heavy atom. The number of aromatic amines is 1. The lowest BCUT2D eigenvalue weighted by atomic mass is 9.89. The summed E-state index contributed by atoms with van der Waals surface area (Å²) in [6.45, 7) is 1.42. The van der Waals surface area contributed by atoms with Crippen LogP contribution in [-0.4, -0.2) is 36.2 Å². The number of amides is 1. The number of rotatable bonds is 5. The monoisotopic (exact) mass is 395 g/mol. The van der Waals surface area contributed by atoms with Crippen molar-refractivity contribution in [2.24, 2.45) is 0 Å². The first kappa shape index (κ1) is 19.1. The molecule has 1 aromatic carbocycles. The van der Waals surface area contributed by atoms with E-state index in [1.165, 1.54) is 61.6 Å². The maximum Gasteiger partial charge on any atom is 0.251 e. The van der Waals surface area contributed by atoms with Crippen LogP contribution in [0.2, 0.25) is 0 Å². The Bertz CT molecular complexity index is 862. The summed E-state index contributed by atoms with van der Waals surface area (Å²) >= 11 is 0. The van der Waals surface area contributed by atoms with E-state index >= 15 is 0 Å². The summed E-state index contributed by atoms with van der Waals surface area (Å²) in [6.07, 6.45) is 12.5. The van der Waals surface area contributed by atoms with Gasteiger partial charge in [0, 0.05) is 47.4 Å². The molecule has 5 nitrogen and oxygen atoms in total. The fraction of sp³-hybridized carbons (Fsp3) is 0.625. The molecule has 29 heavy (non-hydrogen) atoms. The van der Waals surface area contributed by atoms with Crippen molar-refractivity contribution in [3.05, 3.63) is 35.0 Å². The number of carbonyl (C=O) groups is 1. The van der Waals surface area contributed by atoms with Gasteiger partial charge in [-0.3, -0.25) is 4.79 Å². The standard InChI is InChI=1S/C24H33N3O2/c28-24(25-15-18-8-5-13-29-18)16-11-12-21-20(14-16)19-9-4-10-22(23(19)27-21)26-17-6-2-1-3-7-17/h11-12,14,17-18,22,26-27H,1-10,13,15H2,(H,25,28). The van der Waals surface area contributed by atoms with Gasteiger partial charge in [0.1, 0.15) is 0 Å². The number of H-pyrrole nitrogens is 1. The van der Waals surface area contributed by atoms with Gasteiger partial charge in [0.2, 0.25) is 0 Å². The second kappa shape index (κ2) is 8.49. The molecule has 5 rings (SSSR count). The van der Waals surface area contributed by atoms with Gasteiger partial charge in [-0.05, 0) is 68.7 Å². The van der Waals surface area contributed by atoms with E-state index in [0.29, 0.717) is 18.6 Å². The minimum absolute atomic E-state index is 0.00467. The van der Waals surface area contributed by atoms with Crippen LogP contribution in [0.3, 0.4) is 0 Å². The zero-order chi connectivity index (χ0) is 19.6. The molecule has 2 atom stereocenters. The van der Waals surface area contributed by atoms with Crippen LogP contribution in [0.5, 0.6) is 0 Å². The molecule has 2 heterocycles. The van der Waals surface area contributed by atoms with E-state index in [2.05, 4.69) is 27.8 Å². The number of nitrogens with one attached hydrogen (secondary N) is 3. The van der Waals surface area contributed by atoms with E-state index < -0.39 is 0 Å². The average molecular weight is 396 g/mol. The summed E-state index contributed by atoms with van der Waals surface area (Å²) in [7, 11) is 0. The highest BCUT2D eigenvalue weighted by molar-refractivity contribution is 5.99. The van der Waals surface area contributed by atoms with Crippen LogP contribution in [0.1, 0.15) is 85.4 Å². The highest BCUT2D eigenvalue weighted by atomic mass is 16.5. The van der Waals surface area contributed by atoms with E-state index in [0.717, 1.165) is 36.9 Å². The third-order valence-corrected chi connectivity index (χ3v) is 7.03. The van der Waals surface area contributed by atoms with Gasteiger partial charge in [0.05, 0.1) is 6.10 Å². The van der Waals surface area contributed by atoms with E-state index in [9.17, 15) is 4.79 Å². The molecule has 0 bridgehead atoms. The predicted octanol–water partition coefficient (Wildman–Crippen LogP) is 4.38. The highest BCUT2D eigenvalue weighted by Crippen LogP contribution is 2.36. The van der Waals surface area contributed by atoms with Crippen molar-refractivity contribution in [1.82, 2.24) is 15.6 Å². The highest BCUT2D eigenvalue weighted by Gasteiger charge is 2.27. The number of fused-ring (bicyclic) bond motifs is 3. The Balaban J connectivity index is 1.33. The zero-order valence-corrected chi connectivity index (χ0v) is 17.3. The molecule has 5 heteroatoms. The van der Waals surface area contributed by atoms with Crippen LogP contribution in [-0.2, 0) is 11.2 Å². The number of benzene rings is 1. The topological polar surface area (TPSA) is 66.1 Å². The lowest BCUT2D eigenvalue weighted by Gasteiger charge is -2.31. The summed E-state index contributed by atoms with van der Waals surface area (Å²) in [5.41, 5.74) is 4.67. The van der Waals surface area contributed by atoms with Crippen molar-refractivity contribution in [3.63, 3.8) is 0 Å². The quantitative estimate of drug-likeness (QED) is 0.704. The molecule has 3 N–H and O–H groups in total. The molecule has 2 aliphatic carbocycles. The van der Waals surface area contributed by atoms with Gasteiger partial charge in [-0.15, -0.1) is 0 Å². The lowest BCUT2D eigenvalue weighted by Crippen LogP contribution is -2.36. The summed E-state index contributed by atoms with van der Waals surface area (Å²) in [4.78, 5) is 16.4. The first-order chi connectivity index (χ1) is 14.3. The number of hydrogen-bond donors (Lipinski definition) is 3. The van der Waals surface area contributed by atoms with Crippen molar-refractivity contribution < 1.29 is 9.53 Å². The molecule has 0 spiro atoms. The molecule has 2 fully saturated rings. The Morgan fingerprint density at radius 1 is 1.07 bits per heavy atom. The normalized spacial score (nSPS) is 25.2. The van der Waals surface area contributed by atoms with Crippen LogP contribution in [0.4, 0.5) is 0 Å². The molecule has 2 unspecified atom stereocenters. The van der Waals surface area contributed by atoms with Gasteiger partial charge in [0.15, 0.2) is 0 Å². The first-order valence-corrected chi connectivity index (χ1v) is 11.6. The van der Waals surface area contributed by atoms with Crippen molar-refractivity contribution in [2.75, 3.05) is 13.2 Å². The van der Waals surface area contributed by atoms with E-state index in [-0.39, 0.29) is 12.0 Å². The van der Waals surface area contributed by atoms with E-state index in [1.807, 2.05) is 6.07 Å². The van der Waals surface area contributed by atoms with Gasteiger partial charge in [-0.2, -0.15) is 0 Å². The molecule has 1 amide bonds. The van der Waals surface area contributed by atoms with Gasteiger partial charge in [0.25, 0.3) is 5.91 Å². The summed E-state index contributed by atoms with van der Waals surface area (Å²) in [5.74, 6) is 0.00467. The molecule has 1 saturated carbocycles. The number of aromatic nitrogens is 1. The molecule has 1 aromatic heterocycles. The minimum Gasteiger partial charge on any atom is -0.376 e. The Labute approximate surface area is 173 Å². The molecule has 2 aromatic rings. The Morgan fingerprint density at radius 3 is 2.79 bits per heavy atom. The number of hydrogen-bond acceptors (Lipinski definition) is 3. The first-order valence-electron chi connectivity index (χ1n) is 11.6. The fourth-order valence-electron chi connectivity index (χ4n) is 5.44. The van der Waals surface area contributed by atoms with Gasteiger partial charge in [-0.25, -0.2) is 0 Å². The third-order valence-electron chi connectivity index (χ3n) is 7.03. The maximum absolute atomic E-state index is 12.7. The predicted molar refractivity (Wildman–Crippen MR) is 115 cm³/mol. The minimum atomic E-state index is 0.00467. The van der Waals surface area contributed by atoms with Crippen LogP contribution in [0.15, 0.2) is 18.2 Å². The molecule has 0 radical (unpaired) electrons. The third kappa shape index (κ3) is 4.08. The summed E-state index contributed by atoms with van der Waals surface area (Å²) < 4.78 is 5.62. The molecular weight excluding hydrogens is 362 g/mol. The lowest BCUT2D eigenvalue weighted by molar-refractivity contribution is 0.0858. The summed E-state index contributed by atoms with van der Waals surface area (Å²) in [5, 5.41) is 8.22. The molecular formula is C24H33N3O2. The second-order valence-corrected chi connectivity index (χ2v) is 9.07. The Hall–Kier alpha value is -1.85. The number of ether oxygens (including phenoxy) is 1. The fourth-order valence-corrected chi connectivity index (χ4v) is 5.44. The van der Waals surface area contributed by atoms with Crippen molar-refractivity contribution in [1.29, 1.82) is 0 Å². The molecule has 1 aliphatic heterocycles. The van der Waals surface area contributed by atoms with E-state index in [4.69, 9.17) is 4.74 Å². The van der Waals surface area contributed by atoms with Crippen molar-refractivity contribution >= 4 is 16.8 Å². The van der Waals surface area contributed by atoms with Crippen LogP contribution < -0.4 is 10.6 Å². The van der Waals surface area contributed by atoms with Gasteiger partial charge >= 0.3 is 0 Å². The second-order valence-electron chi connectivity index (χ2n) is 9.07. The van der Waals surface area contributed by atoms with Crippen molar-refractivity contribution in [3.8, 4) is 0 Å². The van der Waals surface area contributed by atoms with Crippen LogP contribution in [0, 0.1) is 0 Å². The molecule has 1 saturated heterocycles. The van der Waals surface area contributed by atoms with Crippen LogP contribution >= 0.6 is 0 Å². The van der Waals surface area contributed by atoms with Crippen LogP contribution in [0.25, 0.3) is 10.9 Å². The smallest absolute Gasteiger partial charge is 0.251 e. The zero-order valence-electron chi connectivity index (χ0n) is 17.3. The number of carbonyl (C=O) groups excluding carboxylic acids is 1. The van der Waals surface area contributed by atoms with Crippen molar-refractivity contribution in [2.45, 2.75) is 82.4 Å². The molecule has 3 aliphatic rings. The number of aryl methyl sites for hydroxylation is 1. The largest absolute Gasteiger partial charge is 0.376 e. The van der Waals surface area contributed by atoms with E-state index in [1.54, 1.807) is 0 Å². The Kier molecular flexibility index (Phi) is 5.60. The average Bonchev–Trinajstić information content (AvgIpc) is 3.41.